The van der Waals surface area contributed by atoms with Crippen LogP contribution in [0.4, 0.5) is 13.2 Å². The molecule has 1 fully saturated rings. The fraction of sp³-hybridized carbons (Fsp3) is 0.389. The number of ether oxygens (including phenoxy) is 1. The Balaban J connectivity index is 2.02. The molecule has 160 valence electrons. The number of nitrogens with zero attached hydrogens (tertiary/aromatic N) is 4. The summed E-state index contributed by atoms with van der Waals surface area (Å²) in [6, 6.07) is 3.71. The van der Waals surface area contributed by atoms with Crippen LogP contribution in [0.2, 0.25) is 0 Å². The molecule has 0 bridgehead atoms. The van der Waals surface area contributed by atoms with Crippen LogP contribution in [0.15, 0.2) is 35.4 Å². The van der Waals surface area contributed by atoms with E-state index in [-0.39, 0.29) is 23.2 Å². The molecule has 8 nitrogen and oxygen atoms in total. The predicted molar refractivity (Wildman–Crippen MR) is 99.0 cm³/mol. The molecule has 30 heavy (non-hydrogen) atoms. The molecule has 3 rings (SSSR count). The van der Waals surface area contributed by atoms with E-state index >= 15 is 0 Å². The summed E-state index contributed by atoms with van der Waals surface area (Å²) in [5, 5.41) is 17.8. The van der Waals surface area contributed by atoms with Crippen molar-refractivity contribution in [3.05, 3.63) is 41.7 Å². The molecule has 0 aromatic carbocycles. The number of aromatic nitrogens is 3. The van der Waals surface area contributed by atoms with Crippen LogP contribution in [0.3, 0.4) is 0 Å². The number of allylic oxidation sites excluding steroid dienone is 1. The quantitative estimate of drug-likeness (QED) is 0.712. The van der Waals surface area contributed by atoms with Crippen molar-refractivity contribution in [1.29, 1.82) is 5.26 Å². The van der Waals surface area contributed by atoms with Crippen molar-refractivity contribution in [3.63, 3.8) is 0 Å². The highest BCUT2D eigenvalue weighted by Gasteiger charge is 2.41. The normalized spacial score (nSPS) is 17.6. The van der Waals surface area contributed by atoms with Crippen LogP contribution in [0.5, 0.6) is 5.88 Å². The zero-order valence-electron chi connectivity index (χ0n) is 15.7. The Morgan fingerprint density at radius 2 is 2.13 bits per heavy atom. The molecule has 1 aliphatic carbocycles. The van der Waals surface area contributed by atoms with Crippen LogP contribution in [0, 0.1) is 17.2 Å². The summed E-state index contributed by atoms with van der Waals surface area (Å²) in [5.41, 5.74) is -1.14. The van der Waals surface area contributed by atoms with Crippen LogP contribution in [0.25, 0.3) is 5.82 Å². The van der Waals surface area contributed by atoms with E-state index in [4.69, 9.17) is 9.88 Å². The number of hydrogen-bond donors (Lipinski definition) is 1. The fourth-order valence-corrected chi connectivity index (χ4v) is 3.71. The highest BCUT2D eigenvalue weighted by Crippen LogP contribution is 2.37. The second-order valence-corrected chi connectivity index (χ2v) is 8.53. The maximum absolute atomic E-state index is 13.4. The summed E-state index contributed by atoms with van der Waals surface area (Å²) in [5.74, 6) is -0.512. The van der Waals surface area contributed by atoms with Crippen LogP contribution in [-0.4, -0.2) is 29.8 Å². The van der Waals surface area contributed by atoms with E-state index in [2.05, 4.69) is 16.7 Å². The fourth-order valence-electron chi connectivity index (χ4n) is 3.25. The summed E-state index contributed by atoms with van der Waals surface area (Å²) in [6.07, 6.45) is -0.696. The first-order chi connectivity index (χ1) is 14.0. The predicted octanol–water partition coefficient (Wildman–Crippen LogP) is 2.93. The van der Waals surface area contributed by atoms with Gasteiger partial charge in [0.25, 0.3) is 0 Å². The molecular weight excluding hydrogens is 423 g/mol. The van der Waals surface area contributed by atoms with Crippen molar-refractivity contribution >= 4 is 10.0 Å². The van der Waals surface area contributed by atoms with Crippen molar-refractivity contribution in [3.8, 4) is 17.8 Å². The van der Waals surface area contributed by atoms with Crippen molar-refractivity contribution < 1.29 is 26.3 Å². The van der Waals surface area contributed by atoms with Gasteiger partial charge in [0.15, 0.2) is 11.5 Å². The van der Waals surface area contributed by atoms with E-state index in [0.717, 1.165) is 47.8 Å². The zero-order chi connectivity index (χ0) is 22.1. The molecule has 0 saturated heterocycles. The monoisotopic (exact) mass is 441 g/mol. The van der Waals surface area contributed by atoms with Crippen molar-refractivity contribution in [2.45, 2.75) is 36.8 Å². The molecule has 2 N–H and O–H groups in total. The van der Waals surface area contributed by atoms with E-state index in [0.29, 0.717) is 6.42 Å². The number of pyridine rings is 1. The first-order valence-corrected chi connectivity index (χ1v) is 10.4. The van der Waals surface area contributed by atoms with Gasteiger partial charge < -0.3 is 4.74 Å². The Kier molecular flexibility index (Phi) is 5.87. The second-order valence-electron chi connectivity index (χ2n) is 6.97. The van der Waals surface area contributed by atoms with Crippen molar-refractivity contribution in [2.24, 2.45) is 11.1 Å². The SMILES string of the molecule is C=C1CCCC(COc2c(C#N)c(C(F)(F)F)nn2-c2ccc(S(N)(=O)=O)cn2)C1. The highest BCUT2D eigenvalue weighted by atomic mass is 32.2. The third-order valence-corrected chi connectivity index (χ3v) is 5.56. The maximum Gasteiger partial charge on any atom is 0.436 e. The van der Waals surface area contributed by atoms with Crippen molar-refractivity contribution in [1.82, 2.24) is 14.8 Å². The van der Waals surface area contributed by atoms with Gasteiger partial charge in [0.1, 0.15) is 16.5 Å². The number of nitrogens with two attached hydrogens (primary N) is 1. The smallest absolute Gasteiger partial charge is 0.436 e. The van der Waals surface area contributed by atoms with Gasteiger partial charge in [0.2, 0.25) is 15.9 Å². The number of primary sulfonamides is 1. The van der Waals surface area contributed by atoms with E-state index in [9.17, 15) is 26.9 Å². The summed E-state index contributed by atoms with van der Waals surface area (Å²) in [6.45, 7) is 4.01. The molecule has 0 radical (unpaired) electrons. The van der Waals surface area contributed by atoms with E-state index < -0.39 is 33.3 Å². The van der Waals surface area contributed by atoms with Crippen LogP contribution in [0.1, 0.15) is 36.9 Å². The summed E-state index contributed by atoms with van der Waals surface area (Å²) in [4.78, 5) is 3.50. The third-order valence-electron chi connectivity index (χ3n) is 4.67. The minimum atomic E-state index is -4.89. The number of rotatable bonds is 5. The van der Waals surface area contributed by atoms with Gasteiger partial charge in [-0.1, -0.05) is 12.2 Å². The largest absolute Gasteiger partial charge is 0.476 e. The minimum absolute atomic E-state index is 0.0493. The molecule has 0 spiro atoms. The van der Waals surface area contributed by atoms with E-state index in [1.54, 1.807) is 0 Å². The Morgan fingerprint density at radius 1 is 1.40 bits per heavy atom. The van der Waals surface area contributed by atoms with Gasteiger partial charge in [-0.2, -0.15) is 28.2 Å². The molecule has 0 aliphatic heterocycles. The van der Waals surface area contributed by atoms with E-state index in [1.807, 2.05) is 0 Å². The summed E-state index contributed by atoms with van der Waals surface area (Å²) in [7, 11) is -4.04. The van der Waals surface area contributed by atoms with Gasteiger partial charge in [-0.3, -0.25) is 0 Å². The standard InChI is InChI=1S/C18H18F3N5O3S/c1-11-3-2-4-12(7-11)10-29-17-14(8-22)16(18(19,20)21)25-26(17)15-6-5-13(9-24-15)30(23,27)28/h5-6,9,12H,1-4,7,10H2,(H2,23,27,28). The lowest BCUT2D eigenvalue weighted by Crippen LogP contribution is -2.18. The Hall–Kier alpha value is -2.91. The van der Waals surface area contributed by atoms with Gasteiger partial charge in [-0.05, 0) is 43.7 Å². The molecule has 2 aromatic rings. The van der Waals surface area contributed by atoms with Gasteiger partial charge in [0.05, 0.1) is 6.61 Å². The third kappa shape index (κ3) is 4.63. The summed E-state index contributed by atoms with van der Waals surface area (Å²) >= 11 is 0. The molecule has 2 aromatic heterocycles. The Bertz CT molecular complexity index is 1100. The molecule has 12 heteroatoms. The minimum Gasteiger partial charge on any atom is -0.476 e. The average Bonchev–Trinajstić information content (AvgIpc) is 3.05. The second kappa shape index (κ2) is 8.08. The zero-order valence-corrected chi connectivity index (χ0v) is 16.5. The number of sulfonamides is 1. The van der Waals surface area contributed by atoms with Crippen LogP contribution < -0.4 is 9.88 Å². The number of alkyl halides is 3. The first kappa shape index (κ1) is 21.8. The summed E-state index contributed by atoms with van der Waals surface area (Å²) < 4.78 is 69.3. The molecule has 1 unspecified atom stereocenters. The molecule has 1 aliphatic rings. The maximum atomic E-state index is 13.4. The molecular formula is C18H18F3N5O3S. The lowest BCUT2D eigenvalue weighted by molar-refractivity contribution is -0.141. The lowest BCUT2D eigenvalue weighted by Gasteiger charge is -2.23. The number of nitriles is 1. The topological polar surface area (TPSA) is 124 Å². The highest BCUT2D eigenvalue weighted by molar-refractivity contribution is 7.89. The van der Waals surface area contributed by atoms with Gasteiger partial charge in [-0.25, -0.2) is 18.5 Å². The average molecular weight is 441 g/mol. The van der Waals surface area contributed by atoms with Gasteiger partial charge in [-0.15, -0.1) is 0 Å². The molecule has 0 amide bonds. The molecule has 1 saturated carbocycles. The van der Waals surface area contributed by atoms with Gasteiger partial charge in [0, 0.05) is 6.20 Å². The Morgan fingerprint density at radius 3 is 2.67 bits per heavy atom. The van der Waals surface area contributed by atoms with Crippen molar-refractivity contribution in [2.75, 3.05) is 6.61 Å². The lowest BCUT2D eigenvalue weighted by atomic mass is 9.87. The number of halogens is 3. The van der Waals surface area contributed by atoms with Gasteiger partial charge >= 0.3 is 6.18 Å². The Labute approximate surface area is 170 Å². The van der Waals surface area contributed by atoms with Crippen LogP contribution in [-0.2, 0) is 16.2 Å². The van der Waals surface area contributed by atoms with Crippen LogP contribution >= 0.6 is 0 Å². The molecule has 1 atom stereocenters. The van der Waals surface area contributed by atoms with E-state index in [1.165, 1.54) is 6.07 Å². The number of hydrogen-bond acceptors (Lipinski definition) is 6. The first-order valence-electron chi connectivity index (χ1n) is 8.89. The molecule has 2 heterocycles.